The summed E-state index contributed by atoms with van der Waals surface area (Å²) in [6.07, 6.45) is 0.921. The van der Waals surface area contributed by atoms with Crippen molar-refractivity contribution in [3.8, 4) is 0 Å². The summed E-state index contributed by atoms with van der Waals surface area (Å²) in [6, 6.07) is 0. The molecule has 1 aliphatic rings. The normalized spacial score (nSPS) is 25.7. The zero-order valence-electron chi connectivity index (χ0n) is 10.4. The molecule has 0 aromatic carbocycles. The second-order valence-electron chi connectivity index (χ2n) is 4.56. The Hall–Kier alpha value is -0.160. The largest absolute Gasteiger partial charge is 0.389 e. The van der Waals surface area contributed by atoms with Crippen molar-refractivity contribution in [2.45, 2.75) is 26.4 Å². The molecular formula is C12H25NO3. The van der Waals surface area contributed by atoms with E-state index in [2.05, 4.69) is 12.2 Å². The van der Waals surface area contributed by atoms with Crippen molar-refractivity contribution in [3.05, 3.63) is 0 Å². The SMILES string of the molecule is CCOCCOCC(O)CNCC1CC1C. The van der Waals surface area contributed by atoms with E-state index in [9.17, 15) is 5.11 Å². The van der Waals surface area contributed by atoms with E-state index in [0.717, 1.165) is 18.4 Å². The Morgan fingerprint density at radius 3 is 2.69 bits per heavy atom. The zero-order valence-corrected chi connectivity index (χ0v) is 10.4. The second kappa shape index (κ2) is 8.01. The maximum atomic E-state index is 9.58. The minimum atomic E-state index is -0.407. The van der Waals surface area contributed by atoms with Gasteiger partial charge in [-0.2, -0.15) is 0 Å². The zero-order chi connectivity index (χ0) is 11.8. The molecule has 0 bridgehead atoms. The lowest BCUT2D eigenvalue weighted by Crippen LogP contribution is -2.32. The van der Waals surface area contributed by atoms with E-state index in [4.69, 9.17) is 9.47 Å². The fourth-order valence-corrected chi connectivity index (χ4v) is 1.66. The van der Waals surface area contributed by atoms with E-state index >= 15 is 0 Å². The van der Waals surface area contributed by atoms with Gasteiger partial charge in [0.05, 0.1) is 25.9 Å². The average Bonchev–Trinajstić information content (AvgIpc) is 2.94. The third-order valence-corrected chi connectivity index (χ3v) is 2.95. The molecule has 0 heterocycles. The summed E-state index contributed by atoms with van der Waals surface area (Å²) < 4.78 is 10.4. The summed E-state index contributed by atoms with van der Waals surface area (Å²) in [7, 11) is 0. The summed E-state index contributed by atoms with van der Waals surface area (Å²) in [4.78, 5) is 0. The predicted octanol–water partition coefficient (Wildman–Crippen LogP) is 0.646. The van der Waals surface area contributed by atoms with Gasteiger partial charge in [-0.3, -0.25) is 0 Å². The van der Waals surface area contributed by atoms with E-state index in [-0.39, 0.29) is 0 Å². The van der Waals surface area contributed by atoms with Crippen LogP contribution in [-0.4, -0.2) is 50.7 Å². The van der Waals surface area contributed by atoms with Crippen LogP contribution in [0.5, 0.6) is 0 Å². The Balaban J connectivity index is 1.81. The van der Waals surface area contributed by atoms with Gasteiger partial charge >= 0.3 is 0 Å². The molecule has 1 rings (SSSR count). The first-order valence-electron chi connectivity index (χ1n) is 6.28. The Morgan fingerprint density at radius 1 is 1.38 bits per heavy atom. The Bertz CT molecular complexity index is 178. The summed E-state index contributed by atoms with van der Waals surface area (Å²) >= 11 is 0. The van der Waals surface area contributed by atoms with Crippen LogP contribution in [0.25, 0.3) is 0 Å². The molecule has 16 heavy (non-hydrogen) atoms. The molecule has 96 valence electrons. The molecule has 0 aromatic rings. The first-order valence-corrected chi connectivity index (χ1v) is 6.28. The number of rotatable bonds is 10. The molecule has 3 atom stereocenters. The van der Waals surface area contributed by atoms with Crippen molar-refractivity contribution in [3.63, 3.8) is 0 Å². The van der Waals surface area contributed by atoms with Crippen LogP contribution in [0.4, 0.5) is 0 Å². The van der Waals surface area contributed by atoms with Crippen molar-refractivity contribution < 1.29 is 14.6 Å². The highest BCUT2D eigenvalue weighted by molar-refractivity contribution is 4.84. The van der Waals surface area contributed by atoms with Crippen LogP contribution >= 0.6 is 0 Å². The van der Waals surface area contributed by atoms with Crippen LogP contribution in [0.3, 0.4) is 0 Å². The van der Waals surface area contributed by atoms with Gasteiger partial charge in [0.25, 0.3) is 0 Å². The minimum Gasteiger partial charge on any atom is -0.389 e. The van der Waals surface area contributed by atoms with Gasteiger partial charge in [0.1, 0.15) is 0 Å². The molecule has 0 radical (unpaired) electrons. The second-order valence-corrected chi connectivity index (χ2v) is 4.56. The van der Waals surface area contributed by atoms with Crippen molar-refractivity contribution >= 4 is 0 Å². The molecule has 1 aliphatic carbocycles. The maximum absolute atomic E-state index is 9.58. The number of nitrogens with one attached hydrogen (secondary N) is 1. The highest BCUT2D eigenvalue weighted by atomic mass is 16.5. The van der Waals surface area contributed by atoms with Gasteiger partial charge in [-0.15, -0.1) is 0 Å². The van der Waals surface area contributed by atoms with Crippen LogP contribution in [0.15, 0.2) is 0 Å². The molecule has 0 saturated heterocycles. The predicted molar refractivity (Wildman–Crippen MR) is 63.5 cm³/mol. The molecule has 4 heteroatoms. The molecule has 3 unspecified atom stereocenters. The van der Waals surface area contributed by atoms with Crippen LogP contribution in [-0.2, 0) is 9.47 Å². The number of hydrogen-bond acceptors (Lipinski definition) is 4. The fourth-order valence-electron chi connectivity index (χ4n) is 1.66. The van der Waals surface area contributed by atoms with Gasteiger partial charge in [0.15, 0.2) is 0 Å². The highest BCUT2D eigenvalue weighted by Gasteiger charge is 2.31. The lowest BCUT2D eigenvalue weighted by Gasteiger charge is -2.12. The number of hydrogen-bond donors (Lipinski definition) is 2. The first-order chi connectivity index (χ1) is 7.74. The lowest BCUT2D eigenvalue weighted by atomic mass is 10.3. The minimum absolute atomic E-state index is 0.389. The van der Waals surface area contributed by atoms with Gasteiger partial charge in [0.2, 0.25) is 0 Å². The highest BCUT2D eigenvalue weighted by Crippen LogP contribution is 2.36. The van der Waals surface area contributed by atoms with Crippen molar-refractivity contribution in [2.24, 2.45) is 11.8 Å². The molecule has 2 N–H and O–H groups in total. The van der Waals surface area contributed by atoms with Gasteiger partial charge in [-0.05, 0) is 31.7 Å². The topological polar surface area (TPSA) is 50.7 Å². The van der Waals surface area contributed by atoms with E-state index in [1.54, 1.807) is 0 Å². The van der Waals surface area contributed by atoms with Crippen molar-refractivity contribution in [1.29, 1.82) is 0 Å². The number of ether oxygens (including phenoxy) is 2. The third kappa shape index (κ3) is 6.43. The summed E-state index contributed by atoms with van der Waals surface area (Å²) in [5.41, 5.74) is 0. The van der Waals surface area contributed by atoms with Crippen molar-refractivity contribution in [1.82, 2.24) is 5.32 Å². The van der Waals surface area contributed by atoms with Gasteiger partial charge in [-0.1, -0.05) is 6.92 Å². The van der Waals surface area contributed by atoms with Crippen LogP contribution in [0, 0.1) is 11.8 Å². The van der Waals surface area contributed by atoms with Crippen LogP contribution in [0.1, 0.15) is 20.3 Å². The van der Waals surface area contributed by atoms with Crippen LogP contribution in [0.2, 0.25) is 0 Å². The van der Waals surface area contributed by atoms with E-state index in [1.807, 2.05) is 6.92 Å². The summed E-state index contributed by atoms with van der Waals surface area (Å²) in [5, 5.41) is 12.8. The molecule has 0 spiro atoms. The Kier molecular flexibility index (Phi) is 6.96. The summed E-state index contributed by atoms with van der Waals surface area (Å²) in [6.45, 7) is 8.14. The van der Waals surface area contributed by atoms with Crippen LogP contribution < -0.4 is 5.32 Å². The van der Waals surface area contributed by atoms with E-state index < -0.39 is 6.10 Å². The monoisotopic (exact) mass is 231 g/mol. The number of aliphatic hydroxyl groups excluding tert-OH is 1. The molecule has 0 aromatic heterocycles. The first kappa shape index (κ1) is 13.9. The third-order valence-electron chi connectivity index (χ3n) is 2.95. The molecule has 4 nitrogen and oxygen atoms in total. The summed E-state index contributed by atoms with van der Waals surface area (Å²) in [5.74, 6) is 1.69. The average molecular weight is 231 g/mol. The number of aliphatic hydroxyl groups is 1. The van der Waals surface area contributed by atoms with Gasteiger partial charge in [-0.25, -0.2) is 0 Å². The van der Waals surface area contributed by atoms with Crippen molar-refractivity contribution in [2.75, 3.05) is 39.5 Å². The maximum Gasteiger partial charge on any atom is 0.0897 e. The molecule has 1 saturated carbocycles. The molecule has 0 aliphatic heterocycles. The lowest BCUT2D eigenvalue weighted by molar-refractivity contribution is 0.00648. The quantitative estimate of drug-likeness (QED) is 0.542. The molecule has 1 fully saturated rings. The molecule has 0 amide bonds. The smallest absolute Gasteiger partial charge is 0.0897 e. The fraction of sp³-hybridized carbons (Fsp3) is 1.00. The standard InChI is InChI=1S/C12H25NO3/c1-3-15-4-5-16-9-12(14)8-13-7-11-6-10(11)2/h10-14H,3-9H2,1-2H3. The Labute approximate surface area is 98.3 Å². The molecular weight excluding hydrogens is 206 g/mol. The van der Waals surface area contributed by atoms with Gasteiger partial charge < -0.3 is 19.9 Å². The Morgan fingerprint density at radius 2 is 2.06 bits per heavy atom. The van der Waals surface area contributed by atoms with E-state index in [1.165, 1.54) is 6.42 Å². The van der Waals surface area contributed by atoms with Gasteiger partial charge in [0, 0.05) is 13.2 Å². The van der Waals surface area contributed by atoms with E-state index in [0.29, 0.717) is 33.0 Å².